The third-order valence-corrected chi connectivity index (χ3v) is 2.76. The fraction of sp³-hybridized carbons (Fsp3) is 0.533. The van der Waals surface area contributed by atoms with Crippen LogP contribution in [0.15, 0.2) is 24.3 Å². The highest BCUT2D eigenvalue weighted by Crippen LogP contribution is 2.09. The number of likely N-dealkylation sites (N-methyl/N-ethyl adjacent to an activating group) is 1. The zero-order valence-electron chi connectivity index (χ0n) is 11.7. The summed E-state index contributed by atoms with van der Waals surface area (Å²) in [7, 11) is 1.73. The van der Waals surface area contributed by atoms with Gasteiger partial charge in [0.15, 0.2) is 0 Å². The van der Waals surface area contributed by atoms with Crippen LogP contribution in [-0.4, -0.2) is 35.1 Å². The van der Waals surface area contributed by atoms with Crippen LogP contribution in [0.5, 0.6) is 0 Å². The molecule has 1 amide bonds. The molecule has 0 aliphatic rings. The third kappa shape index (κ3) is 5.32. The summed E-state index contributed by atoms with van der Waals surface area (Å²) < 4.78 is 0. The highest BCUT2D eigenvalue weighted by Gasteiger charge is 2.18. The molecule has 0 spiro atoms. The summed E-state index contributed by atoms with van der Waals surface area (Å²) in [6, 6.07) is 8.20. The van der Waals surface area contributed by atoms with Gasteiger partial charge in [-0.25, -0.2) is 0 Å². The lowest BCUT2D eigenvalue weighted by Crippen LogP contribution is -2.39. The Morgan fingerprint density at radius 1 is 1.39 bits per heavy atom. The molecule has 3 heteroatoms. The molecule has 1 aromatic rings. The number of amides is 1. The van der Waals surface area contributed by atoms with Crippen molar-refractivity contribution in [1.29, 1.82) is 0 Å². The molecule has 0 fully saturated rings. The molecule has 0 aliphatic carbocycles. The van der Waals surface area contributed by atoms with Crippen molar-refractivity contribution >= 4 is 5.91 Å². The normalized spacial score (nSPS) is 11.4. The summed E-state index contributed by atoms with van der Waals surface area (Å²) >= 11 is 0. The number of benzene rings is 1. The van der Waals surface area contributed by atoms with E-state index in [-0.39, 0.29) is 5.91 Å². The van der Waals surface area contributed by atoms with Crippen molar-refractivity contribution in [3.8, 4) is 0 Å². The molecule has 0 radical (unpaired) electrons. The minimum atomic E-state index is -0.840. The molecule has 0 bridgehead atoms. The van der Waals surface area contributed by atoms with Crippen molar-refractivity contribution in [3.63, 3.8) is 0 Å². The highest BCUT2D eigenvalue weighted by atomic mass is 16.3. The third-order valence-electron chi connectivity index (χ3n) is 2.76. The summed E-state index contributed by atoms with van der Waals surface area (Å²) in [5, 5.41) is 9.66. The fourth-order valence-corrected chi connectivity index (χ4v) is 1.98. The molecule has 1 aromatic carbocycles. The number of aliphatic hydroxyl groups is 1. The maximum Gasteiger partial charge on any atom is 0.222 e. The predicted molar refractivity (Wildman–Crippen MR) is 73.4 cm³/mol. The topological polar surface area (TPSA) is 40.5 Å². The molecular formula is C15H23NO2. The van der Waals surface area contributed by atoms with Crippen molar-refractivity contribution in [1.82, 2.24) is 4.90 Å². The van der Waals surface area contributed by atoms with Crippen molar-refractivity contribution in [3.05, 3.63) is 35.4 Å². The van der Waals surface area contributed by atoms with Crippen molar-refractivity contribution in [2.24, 2.45) is 0 Å². The van der Waals surface area contributed by atoms with Crippen molar-refractivity contribution < 1.29 is 9.90 Å². The van der Waals surface area contributed by atoms with Gasteiger partial charge in [-0.05, 0) is 32.8 Å². The molecule has 100 valence electrons. The van der Waals surface area contributed by atoms with Gasteiger partial charge in [-0.3, -0.25) is 4.79 Å². The molecule has 1 N–H and O–H groups in total. The van der Waals surface area contributed by atoms with Crippen LogP contribution in [-0.2, 0) is 11.2 Å². The molecule has 0 saturated heterocycles. The number of nitrogens with zero attached hydrogens (tertiary/aromatic N) is 1. The lowest BCUT2D eigenvalue weighted by Gasteiger charge is -2.25. The standard InChI is InChI=1S/C15H23NO2/c1-12-6-5-7-13(10-12)8-9-14(17)16(4)11-15(2,3)18/h5-7,10,18H,8-9,11H2,1-4H3. The Morgan fingerprint density at radius 2 is 2.06 bits per heavy atom. The van der Waals surface area contributed by atoms with Gasteiger partial charge in [-0.2, -0.15) is 0 Å². The van der Waals surface area contributed by atoms with Crippen LogP contribution in [0.3, 0.4) is 0 Å². The average molecular weight is 249 g/mol. The van der Waals surface area contributed by atoms with Crippen LogP contribution in [0.1, 0.15) is 31.4 Å². The Balaban J connectivity index is 2.46. The van der Waals surface area contributed by atoms with Gasteiger partial charge in [-0.1, -0.05) is 29.8 Å². The van der Waals surface area contributed by atoms with E-state index in [1.165, 1.54) is 11.1 Å². The van der Waals surface area contributed by atoms with E-state index >= 15 is 0 Å². The number of hydrogen-bond acceptors (Lipinski definition) is 2. The SMILES string of the molecule is Cc1cccc(CCC(=O)N(C)CC(C)(C)O)c1. The minimum absolute atomic E-state index is 0.0682. The van der Waals surface area contributed by atoms with Gasteiger partial charge < -0.3 is 10.0 Å². The van der Waals surface area contributed by atoms with Gasteiger partial charge in [0.25, 0.3) is 0 Å². The molecule has 0 aromatic heterocycles. The molecular weight excluding hydrogens is 226 g/mol. The maximum atomic E-state index is 11.9. The zero-order valence-corrected chi connectivity index (χ0v) is 11.7. The van der Waals surface area contributed by atoms with Crippen LogP contribution in [0, 0.1) is 6.92 Å². The first-order valence-electron chi connectivity index (χ1n) is 6.30. The largest absolute Gasteiger partial charge is 0.389 e. The van der Waals surface area contributed by atoms with E-state index in [1.54, 1.807) is 25.8 Å². The summed E-state index contributed by atoms with van der Waals surface area (Å²) in [6.07, 6.45) is 1.23. The van der Waals surface area contributed by atoms with Gasteiger partial charge in [0.1, 0.15) is 0 Å². The van der Waals surface area contributed by atoms with E-state index in [4.69, 9.17) is 0 Å². The lowest BCUT2D eigenvalue weighted by atomic mass is 10.1. The monoisotopic (exact) mass is 249 g/mol. The molecule has 0 unspecified atom stereocenters. The maximum absolute atomic E-state index is 11.9. The van der Waals surface area contributed by atoms with E-state index in [0.29, 0.717) is 13.0 Å². The summed E-state index contributed by atoms with van der Waals surface area (Å²) in [5.41, 5.74) is 1.55. The van der Waals surface area contributed by atoms with Crippen LogP contribution in [0.2, 0.25) is 0 Å². The van der Waals surface area contributed by atoms with Gasteiger partial charge in [-0.15, -0.1) is 0 Å². The van der Waals surface area contributed by atoms with Crippen LogP contribution in [0.25, 0.3) is 0 Å². The number of carbonyl (C=O) groups is 1. The van der Waals surface area contributed by atoms with Gasteiger partial charge in [0.05, 0.1) is 5.60 Å². The van der Waals surface area contributed by atoms with Crippen molar-refractivity contribution in [2.75, 3.05) is 13.6 Å². The summed E-state index contributed by atoms with van der Waals surface area (Å²) in [5.74, 6) is 0.0682. The van der Waals surface area contributed by atoms with Gasteiger partial charge in [0.2, 0.25) is 5.91 Å². The van der Waals surface area contributed by atoms with E-state index in [0.717, 1.165) is 6.42 Å². The minimum Gasteiger partial charge on any atom is -0.389 e. The number of hydrogen-bond donors (Lipinski definition) is 1. The Kier molecular flexibility index (Phi) is 4.91. The summed E-state index contributed by atoms with van der Waals surface area (Å²) in [4.78, 5) is 13.5. The Morgan fingerprint density at radius 3 is 2.61 bits per heavy atom. The first-order chi connectivity index (χ1) is 8.28. The molecule has 0 saturated carbocycles. The smallest absolute Gasteiger partial charge is 0.222 e. The van der Waals surface area contributed by atoms with Crippen LogP contribution in [0.4, 0.5) is 0 Å². The quantitative estimate of drug-likeness (QED) is 0.868. The Hall–Kier alpha value is -1.35. The molecule has 0 heterocycles. The Labute approximate surface area is 109 Å². The van der Waals surface area contributed by atoms with E-state index in [9.17, 15) is 9.90 Å². The molecule has 3 nitrogen and oxygen atoms in total. The first-order valence-corrected chi connectivity index (χ1v) is 6.30. The van der Waals surface area contributed by atoms with Crippen LogP contribution >= 0.6 is 0 Å². The van der Waals surface area contributed by atoms with E-state index < -0.39 is 5.60 Å². The second-order valence-electron chi connectivity index (χ2n) is 5.55. The zero-order chi connectivity index (χ0) is 13.8. The average Bonchev–Trinajstić information content (AvgIpc) is 2.23. The Bertz CT molecular complexity index is 407. The second-order valence-corrected chi connectivity index (χ2v) is 5.55. The molecule has 1 rings (SSSR count). The van der Waals surface area contributed by atoms with Crippen LogP contribution < -0.4 is 0 Å². The predicted octanol–water partition coefficient (Wildman–Crippen LogP) is 2.16. The molecule has 0 atom stereocenters. The molecule has 18 heavy (non-hydrogen) atoms. The summed E-state index contributed by atoms with van der Waals surface area (Å²) in [6.45, 7) is 5.82. The number of carbonyl (C=O) groups excluding carboxylic acids is 1. The number of aryl methyl sites for hydroxylation is 2. The van der Waals surface area contributed by atoms with Gasteiger partial charge >= 0.3 is 0 Å². The second kappa shape index (κ2) is 6.01. The van der Waals surface area contributed by atoms with Crippen molar-refractivity contribution in [2.45, 2.75) is 39.2 Å². The molecule has 0 aliphatic heterocycles. The van der Waals surface area contributed by atoms with Gasteiger partial charge in [0, 0.05) is 20.0 Å². The lowest BCUT2D eigenvalue weighted by molar-refractivity contribution is -0.132. The number of rotatable bonds is 5. The fourth-order valence-electron chi connectivity index (χ4n) is 1.98. The first kappa shape index (κ1) is 14.7. The van der Waals surface area contributed by atoms with E-state index in [2.05, 4.69) is 6.07 Å². The van der Waals surface area contributed by atoms with E-state index in [1.807, 2.05) is 25.1 Å². The highest BCUT2D eigenvalue weighted by molar-refractivity contribution is 5.76.